The van der Waals surface area contributed by atoms with Gasteiger partial charge in [-0.25, -0.2) is 0 Å². The molecular formula is C24H20N4O4. The molecule has 2 N–H and O–H groups in total. The molecule has 2 aromatic carbocycles. The summed E-state index contributed by atoms with van der Waals surface area (Å²) in [7, 11) is 0. The largest absolute Gasteiger partial charge is 0.465 e. The normalized spacial score (nSPS) is 11.2. The highest BCUT2D eigenvalue weighted by molar-refractivity contribution is 6.05. The SMILES string of the molecule is Cc1cccc(C(=O)N/C(=C\c2ccco2)C(=O)NCc2nc(-c3ccccc3)no2)c1. The first kappa shape index (κ1) is 20.8. The zero-order chi connectivity index (χ0) is 22.3. The van der Waals surface area contributed by atoms with Crippen LogP contribution in [0.15, 0.2) is 87.6 Å². The molecular weight excluding hydrogens is 408 g/mol. The molecule has 8 nitrogen and oxygen atoms in total. The molecule has 0 aliphatic carbocycles. The number of aryl methyl sites for hydroxylation is 1. The molecule has 2 aromatic heterocycles. The van der Waals surface area contributed by atoms with E-state index in [0.29, 0.717) is 17.1 Å². The summed E-state index contributed by atoms with van der Waals surface area (Å²) >= 11 is 0. The van der Waals surface area contributed by atoms with Gasteiger partial charge in [-0.05, 0) is 31.2 Å². The van der Waals surface area contributed by atoms with Crippen LogP contribution in [-0.2, 0) is 11.3 Å². The van der Waals surface area contributed by atoms with E-state index in [1.165, 1.54) is 12.3 Å². The molecule has 2 amide bonds. The third kappa shape index (κ3) is 5.17. The third-order valence-electron chi connectivity index (χ3n) is 4.50. The van der Waals surface area contributed by atoms with Crippen molar-refractivity contribution >= 4 is 17.9 Å². The van der Waals surface area contributed by atoms with E-state index in [9.17, 15) is 9.59 Å². The molecule has 4 rings (SSSR count). The van der Waals surface area contributed by atoms with Gasteiger partial charge in [0.2, 0.25) is 11.7 Å². The second-order valence-corrected chi connectivity index (χ2v) is 6.96. The van der Waals surface area contributed by atoms with Crippen LogP contribution in [0.4, 0.5) is 0 Å². The van der Waals surface area contributed by atoms with Gasteiger partial charge in [0.1, 0.15) is 11.5 Å². The maximum absolute atomic E-state index is 12.8. The Kier molecular flexibility index (Phi) is 6.22. The third-order valence-corrected chi connectivity index (χ3v) is 4.50. The Morgan fingerprint density at radius 1 is 1.03 bits per heavy atom. The molecule has 0 spiro atoms. The van der Waals surface area contributed by atoms with Gasteiger partial charge in [-0.15, -0.1) is 0 Å². The summed E-state index contributed by atoms with van der Waals surface area (Å²) in [6.45, 7) is 1.88. The van der Waals surface area contributed by atoms with Crippen molar-refractivity contribution < 1.29 is 18.5 Å². The molecule has 0 saturated carbocycles. The number of hydrogen-bond donors (Lipinski definition) is 2. The van der Waals surface area contributed by atoms with Gasteiger partial charge in [0.05, 0.1) is 12.8 Å². The zero-order valence-electron chi connectivity index (χ0n) is 17.2. The molecule has 0 atom stereocenters. The minimum atomic E-state index is -0.526. The lowest BCUT2D eigenvalue weighted by atomic mass is 10.1. The fraction of sp³-hybridized carbons (Fsp3) is 0.0833. The van der Waals surface area contributed by atoms with Gasteiger partial charge in [0.15, 0.2) is 0 Å². The Morgan fingerprint density at radius 2 is 1.88 bits per heavy atom. The Balaban J connectivity index is 1.47. The first-order chi connectivity index (χ1) is 15.6. The molecule has 32 heavy (non-hydrogen) atoms. The van der Waals surface area contributed by atoms with Crippen molar-refractivity contribution in [1.29, 1.82) is 0 Å². The molecule has 4 aromatic rings. The molecule has 0 fully saturated rings. The summed E-state index contributed by atoms with van der Waals surface area (Å²) in [6.07, 6.45) is 2.93. The Hall–Kier alpha value is -4.46. The molecule has 0 unspecified atom stereocenters. The fourth-order valence-corrected chi connectivity index (χ4v) is 2.94. The van der Waals surface area contributed by atoms with Crippen molar-refractivity contribution in [2.45, 2.75) is 13.5 Å². The number of furan rings is 1. The van der Waals surface area contributed by atoms with Crippen molar-refractivity contribution in [2.24, 2.45) is 0 Å². The fourth-order valence-electron chi connectivity index (χ4n) is 2.94. The Morgan fingerprint density at radius 3 is 2.62 bits per heavy atom. The number of carbonyl (C=O) groups is 2. The smallest absolute Gasteiger partial charge is 0.268 e. The number of benzene rings is 2. The number of aromatic nitrogens is 2. The van der Waals surface area contributed by atoms with Gasteiger partial charge < -0.3 is 19.6 Å². The summed E-state index contributed by atoms with van der Waals surface area (Å²) in [4.78, 5) is 29.8. The minimum Gasteiger partial charge on any atom is -0.465 e. The monoisotopic (exact) mass is 428 g/mol. The van der Waals surface area contributed by atoms with Crippen molar-refractivity contribution in [3.8, 4) is 11.4 Å². The maximum atomic E-state index is 12.8. The van der Waals surface area contributed by atoms with E-state index < -0.39 is 11.8 Å². The second-order valence-electron chi connectivity index (χ2n) is 6.96. The van der Waals surface area contributed by atoms with E-state index in [1.54, 1.807) is 30.3 Å². The van der Waals surface area contributed by atoms with Gasteiger partial charge in [-0.1, -0.05) is 53.2 Å². The van der Waals surface area contributed by atoms with E-state index in [0.717, 1.165) is 11.1 Å². The number of hydrogen-bond acceptors (Lipinski definition) is 6. The lowest BCUT2D eigenvalue weighted by Gasteiger charge is -2.10. The molecule has 8 heteroatoms. The molecule has 0 radical (unpaired) electrons. The summed E-state index contributed by atoms with van der Waals surface area (Å²) in [5, 5.41) is 9.26. The summed E-state index contributed by atoms with van der Waals surface area (Å²) in [5.74, 6) is 0.144. The van der Waals surface area contributed by atoms with Crippen LogP contribution in [0.2, 0.25) is 0 Å². The number of nitrogens with one attached hydrogen (secondary N) is 2. The summed E-state index contributed by atoms with van der Waals surface area (Å²) in [5.41, 5.74) is 2.20. The van der Waals surface area contributed by atoms with E-state index >= 15 is 0 Å². The van der Waals surface area contributed by atoms with Crippen LogP contribution in [0.1, 0.15) is 27.6 Å². The highest BCUT2D eigenvalue weighted by atomic mass is 16.5. The molecule has 0 saturated heterocycles. The van der Waals surface area contributed by atoms with Crippen LogP contribution in [0.25, 0.3) is 17.5 Å². The summed E-state index contributed by atoms with van der Waals surface area (Å²) in [6, 6.07) is 19.8. The molecule has 160 valence electrons. The topological polar surface area (TPSA) is 110 Å². The van der Waals surface area contributed by atoms with E-state index in [2.05, 4.69) is 20.8 Å². The van der Waals surface area contributed by atoms with Gasteiger partial charge in [-0.2, -0.15) is 4.98 Å². The predicted octanol–water partition coefficient (Wildman–Crippen LogP) is 3.73. The highest BCUT2D eigenvalue weighted by Crippen LogP contribution is 2.15. The van der Waals surface area contributed by atoms with E-state index in [4.69, 9.17) is 8.94 Å². The molecule has 2 heterocycles. The number of carbonyl (C=O) groups excluding carboxylic acids is 2. The van der Waals surface area contributed by atoms with E-state index in [1.807, 2.05) is 43.3 Å². The molecule has 0 aliphatic heterocycles. The molecule has 0 bridgehead atoms. The quantitative estimate of drug-likeness (QED) is 0.434. The van der Waals surface area contributed by atoms with Crippen LogP contribution in [0.3, 0.4) is 0 Å². The molecule has 0 aliphatic rings. The van der Waals surface area contributed by atoms with Crippen molar-refractivity contribution in [3.05, 3.63) is 101 Å². The zero-order valence-corrected chi connectivity index (χ0v) is 17.2. The average Bonchev–Trinajstić information content (AvgIpc) is 3.50. The van der Waals surface area contributed by atoms with E-state index in [-0.39, 0.29) is 18.1 Å². The van der Waals surface area contributed by atoms with Crippen LogP contribution >= 0.6 is 0 Å². The number of amides is 2. The van der Waals surface area contributed by atoms with Gasteiger partial charge in [0.25, 0.3) is 11.8 Å². The second kappa shape index (κ2) is 9.57. The standard InChI is InChI=1S/C24H20N4O4/c1-16-7-5-10-18(13-16)23(29)26-20(14-19-11-6-12-31-19)24(30)25-15-21-27-22(28-32-21)17-8-3-2-4-9-17/h2-14H,15H2,1H3,(H,25,30)(H,26,29)/b20-14-. The minimum absolute atomic E-state index is 0.00548. The highest BCUT2D eigenvalue weighted by Gasteiger charge is 2.17. The van der Waals surface area contributed by atoms with Gasteiger partial charge in [-0.3, -0.25) is 9.59 Å². The Bertz CT molecular complexity index is 1240. The van der Waals surface area contributed by atoms with Crippen LogP contribution in [0.5, 0.6) is 0 Å². The number of nitrogens with zero attached hydrogens (tertiary/aromatic N) is 2. The Labute approximate surface area is 184 Å². The van der Waals surface area contributed by atoms with Crippen molar-refractivity contribution in [3.63, 3.8) is 0 Å². The van der Waals surface area contributed by atoms with Gasteiger partial charge >= 0.3 is 0 Å². The van der Waals surface area contributed by atoms with Crippen LogP contribution in [-0.4, -0.2) is 22.0 Å². The lowest BCUT2D eigenvalue weighted by molar-refractivity contribution is -0.118. The average molecular weight is 428 g/mol. The van der Waals surface area contributed by atoms with Crippen molar-refractivity contribution in [1.82, 2.24) is 20.8 Å². The van der Waals surface area contributed by atoms with Crippen LogP contribution in [0, 0.1) is 6.92 Å². The maximum Gasteiger partial charge on any atom is 0.268 e. The lowest BCUT2D eigenvalue weighted by Crippen LogP contribution is -2.34. The number of rotatable bonds is 7. The summed E-state index contributed by atoms with van der Waals surface area (Å²) < 4.78 is 10.5. The van der Waals surface area contributed by atoms with Crippen LogP contribution < -0.4 is 10.6 Å². The first-order valence-corrected chi connectivity index (χ1v) is 9.88. The predicted molar refractivity (Wildman–Crippen MR) is 117 cm³/mol. The first-order valence-electron chi connectivity index (χ1n) is 9.88. The van der Waals surface area contributed by atoms with Crippen molar-refractivity contribution in [2.75, 3.05) is 0 Å². The van der Waals surface area contributed by atoms with Gasteiger partial charge in [0, 0.05) is 17.2 Å².